The summed E-state index contributed by atoms with van der Waals surface area (Å²) in [7, 11) is -3.62. The second-order valence-electron chi connectivity index (χ2n) is 4.13. The third-order valence-electron chi connectivity index (χ3n) is 2.56. The Bertz CT molecular complexity index is 769. The minimum absolute atomic E-state index is 0.0846. The zero-order valence-electron chi connectivity index (χ0n) is 10.6. The van der Waals surface area contributed by atoms with Crippen LogP contribution < -0.4 is 10.3 Å². The highest BCUT2D eigenvalue weighted by molar-refractivity contribution is 9.10. The summed E-state index contributed by atoms with van der Waals surface area (Å²) in [5.74, 6) is 0.304. The van der Waals surface area contributed by atoms with E-state index in [0.717, 1.165) is 11.8 Å². The first-order valence-electron chi connectivity index (χ1n) is 5.68. The number of nitrogens with zero attached hydrogens (tertiary/aromatic N) is 1. The lowest BCUT2D eigenvalue weighted by molar-refractivity contribution is 0.303. The van der Waals surface area contributed by atoms with Crippen molar-refractivity contribution in [1.29, 1.82) is 0 Å². The van der Waals surface area contributed by atoms with E-state index in [1.165, 1.54) is 12.3 Å². The van der Waals surface area contributed by atoms with Crippen LogP contribution in [0.5, 0.6) is 5.75 Å². The van der Waals surface area contributed by atoms with Crippen molar-refractivity contribution in [2.75, 3.05) is 6.26 Å². The van der Waals surface area contributed by atoms with Crippen LogP contribution in [-0.2, 0) is 16.6 Å². The number of ether oxygens (including phenoxy) is 1. The third kappa shape index (κ3) is 3.29. The number of benzene rings is 1. The number of hydrogen-bond acceptors (Lipinski definition) is 4. The first kappa shape index (κ1) is 14.8. The Morgan fingerprint density at radius 2 is 1.85 bits per heavy atom. The van der Waals surface area contributed by atoms with Gasteiger partial charge in [0, 0.05) is 6.20 Å². The largest absolute Gasteiger partial charge is 0.487 e. The van der Waals surface area contributed by atoms with Crippen LogP contribution in [0.2, 0.25) is 0 Å². The minimum atomic E-state index is -3.62. The van der Waals surface area contributed by atoms with E-state index in [1.54, 1.807) is 0 Å². The normalized spacial score (nSPS) is 11.3. The number of rotatable bonds is 4. The van der Waals surface area contributed by atoms with Crippen molar-refractivity contribution in [3.63, 3.8) is 0 Å². The van der Waals surface area contributed by atoms with E-state index < -0.39 is 15.6 Å². The summed E-state index contributed by atoms with van der Waals surface area (Å²) in [5.41, 5.74) is 0.282. The lowest BCUT2D eigenvalue weighted by Crippen LogP contribution is -2.26. The summed E-state index contributed by atoms with van der Waals surface area (Å²) in [6, 6.07) is 10.9. The molecule has 0 aliphatic rings. The monoisotopic (exact) mass is 357 g/mol. The summed E-state index contributed by atoms with van der Waals surface area (Å²) < 4.78 is 29.1. The molecule has 2 rings (SSSR count). The topological polar surface area (TPSA) is 65.4 Å². The molecule has 1 heterocycles. The predicted octanol–water partition coefficient (Wildman–Crippen LogP) is 2.00. The molecule has 0 fully saturated rings. The summed E-state index contributed by atoms with van der Waals surface area (Å²) in [6.45, 7) is 0.293. The second-order valence-corrected chi connectivity index (χ2v) is 6.78. The zero-order chi connectivity index (χ0) is 14.8. The third-order valence-corrected chi connectivity index (χ3v) is 4.29. The maximum absolute atomic E-state index is 11.9. The highest BCUT2D eigenvalue weighted by atomic mass is 79.9. The first-order chi connectivity index (χ1) is 9.39. The van der Waals surface area contributed by atoms with Gasteiger partial charge in [-0.2, -0.15) is 0 Å². The first-order valence-corrected chi connectivity index (χ1v) is 8.32. The van der Waals surface area contributed by atoms with Crippen molar-refractivity contribution in [3.8, 4) is 5.75 Å². The van der Waals surface area contributed by atoms with E-state index in [2.05, 4.69) is 15.9 Å². The van der Waals surface area contributed by atoms with Crippen molar-refractivity contribution in [2.24, 2.45) is 0 Å². The van der Waals surface area contributed by atoms with Gasteiger partial charge in [0.15, 0.2) is 0 Å². The maximum atomic E-state index is 11.9. The second kappa shape index (κ2) is 5.80. The number of aromatic nitrogens is 1. The standard InChI is InChI=1S/C13H12BrNO4S/c1-20(17,18)15-8-7-11(12(14)13(15)16)19-9-10-5-3-2-4-6-10/h2-8H,9H2,1H3. The van der Waals surface area contributed by atoms with Crippen molar-refractivity contribution >= 4 is 26.0 Å². The van der Waals surface area contributed by atoms with Crippen LogP contribution in [0.25, 0.3) is 0 Å². The smallest absolute Gasteiger partial charge is 0.282 e. The zero-order valence-corrected chi connectivity index (χ0v) is 13.0. The quantitative estimate of drug-likeness (QED) is 0.839. The van der Waals surface area contributed by atoms with Gasteiger partial charge in [0.2, 0.25) is 10.0 Å². The van der Waals surface area contributed by atoms with Crippen molar-refractivity contribution in [1.82, 2.24) is 3.97 Å². The van der Waals surface area contributed by atoms with Gasteiger partial charge >= 0.3 is 0 Å². The van der Waals surface area contributed by atoms with Gasteiger partial charge in [-0.3, -0.25) is 4.79 Å². The molecule has 7 heteroatoms. The van der Waals surface area contributed by atoms with E-state index >= 15 is 0 Å². The van der Waals surface area contributed by atoms with Gasteiger partial charge in [0.25, 0.3) is 5.56 Å². The summed E-state index contributed by atoms with van der Waals surface area (Å²) in [4.78, 5) is 11.9. The van der Waals surface area contributed by atoms with Crippen molar-refractivity contribution in [3.05, 3.63) is 63.0 Å². The number of halogens is 1. The Kier molecular flexibility index (Phi) is 4.29. The molecule has 0 amide bonds. The van der Waals surface area contributed by atoms with Crippen LogP contribution >= 0.6 is 15.9 Å². The lowest BCUT2D eigenvalue weighted by Gasteiger charge is -2.10. The highest BCUT2D eigenvalue weighted by Crippen LogP contribution is 2.21. The molecule has 1 aromatic carbocycles. The van der Waals surface area contributed by atoms with Gasteiger partial charge in [-0.15, -0.1) is 0 Å². The van der Waals surface area contributed by atoms with Gasteiger partial charge in [-0.25, -0.2) is 12.4 Å². The van der Waals surface area contributed by atoms with E-state index in [-0.39, 0.29) is 4.47 Å². The Morgan fingerprint density at radius 3 is 2.45 bits per heavy atom. The molecule has 0 atom stereocenters. The Labute approximate surface area is 125 Å². The number of pyridine rings is 1. The molecule has 0 radical (unpaired) electrons. The molecule has 20 heavy (non-hydrogen) atoms. The van der Waals surface area contributed by atoms with Crippen LogP contribution in [0, 0.1) is 0 Å². The molecule has 0 aliphatic heterocycles. The predicted molar refractivity (Wildman–Crippen MR) is 79.4 cm³/mol. The highest BCUT2D eigenvalue weighted by Gasteiger charge is 2.14. The van der Waals surface area contributed by atoms with Crippen LogP contribution in [-0.4, -0.2) is 18.6 Å². The van der Waals surface area contributed by atoms with E-state index in [4.69, 9.17) is 4.74 Å². The van der Waals surface area contributed by atoms with E-state index in [1.807, 2.05) is 30.3 Å². The molecule has 5 nitrogen and oxygen atoms in total. The van der Waals surface area contributed by atoms with Crippen LogP contribution in [0.15, 0.2) is 51.9 Å². The van der Waals surface area contributed by atoms with Crippen LogP contribution in [0.4, 0.5) is 0 Å². The average Bonchev–Trinajstić information content (AvgIpc) is 2.40. The van der Waals surface area contributed by atoms with Crippen molar-refractivity contribution in [2.45, 2.75) is 6.61 Å². The molecule has 1 aromatic heterocycles. The Hall–Kier alpha value is -1.60. The molecular formula is C13H12BrNO4S. The minimum Gasteiger partial charge on any atom is -0.487 e. The Balaban J connectivity index is 2.27. The summed E-state index contributed by atoms with van der Waals surface area (Å²) in [6.07, 6.45) is 2.15. The number of hydrogen-bond donors (Lipinski definition) is 0. The fourth-order valence-electron chi connectivity index (χ4n) is 1.59. The van der Waals surface area contributed by atoms with Gasteiger partial charge in [-0.05, 0) is 27.6 Å². The molecule has 0 unspecified atom stereocenters. The van der Waals surface area contributed by atoms with E-state index in [0.29, 0.717) is 16.3 Å². The fourth-order valence-corrected chi connectivity index (χ4v) is 2.82. The molecule has 0 saturated carbocycles. The van der Waals surface area contributed by atoms with Gasteiger partial charge in [-0.1, -0.05) is 30.3 Å². The fraction of sp³-hybridized carbons (Fsp3) is 0.154. The van der Waals surface area contributed by atoms with Gasteiger partial charge < -0.3 is 4.74 Å². The van der Waals surface area contributed by atoms with E-state index in [9.17, 15) is 13.2 Å². The molecule has 0 spiro atoms. The molecule has 0 aliphatic carbocycles. The average molecular weight is 358 g/mol. The summed E-state index contributed by atoms with van der Waals surface area (Å²) >= 11 is 3.07. The van der Waals surface area contributed by atoms with Gasteiger partial charge in [0.1, 0.15) is 16.8 Å². The van der Waals surface area contributed by atoms with Crippen LogP contribution in [0.1, 0.15) is 5.56 Å². The Morgan fingerprint density at radius 1 is 1.20 bits per heavy atom. The summed E-state index contributed by atoms with van der Waals surface area (Å²) in [5, 5.41) is 0. The molecule has 0 N–H and O–H groups in total. The van der Waals surface area contributed by atoms with Crippen molar-refractivity contribution < 1.29 is 13.2 Å². The SMILES string of the molecule is CS(=O)(=O)n1ccc(OCc2ccccc2)c(Br)c1=O. The molecule has 106 valence electrons. The molecular weight excluding hydrogens is 346 g/mol. The maximum Gasteiger partial charge on any atom is 0.282 e. The molecule has 0 saturated heterocycles. The van der Waals surface area contributed by atoms with Gasteiger partial charge in [0.05, 0.1) is 6.26 Å². The van der Waals surface area contributed by atoms with Crippen LogP contribution in [0.3, 0.4) is 0 Å². The lowest BCUT2D eigenvalue weighted by atomic mass is 10.2. The molecule has 2 aromatic rings. The molecule has 0 bridgehead atoms.